The molecule has 0 bridgehead atoms. The molecule has 6 nitrogen and oxygen atoms in total. The number of nitrogens with one attached hydrogen (secondary N) is 1. The van der Waals surface area contributed by atoms with Crippen LogP contribution in [-0.4, -0.2) is 42.9 Å². The second-order valence-electron chi connectivity index (χ2n) is 3.35. The zero-order valence-corrected chi connectivity index (χ0v) is 10.6. The zero-order chi connectivity index (χ0) is 12.7. The largest absolute Gasteiger partial charge is 0.387 e. The number of hydrogen-bond donors (Lipinski definition) is 2. The SMILES string of the molecule is COCCOCC(=O)Nc1nc(C(C)O)cs1. The van der Waals surface area contributed by atoms with E-state index in [0.717, 1.165) is 0 Å². The molecule has 1 amide bonds. The summed E-state index contributed by atoms with van der Waals surface area (Å²) in [4.78, 5) is 15.4. The normalized spacial score (nSPS) is 12.4. The number of nitrogens with zero attached hydrogens (tertiary/aromatic N) is 1. The minimum Gasteiger partial charge on any atom is -0.387 e. The number of ether oxygens (including phenoxy) is 2. The monoisotopic (exact) mass is 260 g/mol. The van der Waals surface area contributed by atoms with Crippen molar-refractivity contribution < 1.29 is 19.4 Å². The molecule has 0 spiro atoms. The Labute approximate surface area is 104 Å². The van der Waals surface area contributed by atoms with E-state index in [1.54, 1.807) is 19.4 Å². The molecule has 0 radical (unpaired) electrons. The average Bonchev–Trinajstić information content (AvgIpc) is 2.73. The van der Waals surface area contributed by atoms with E-state index in [4.69, 9.17) is 9.47 Å². The van der Waals surface area contributed by atoms with Crippen LogP contribution in [0.4, 0.5) is 5.13 Å². The van der Waals surface area contributed by atoms with Crippen molar-refractivity contribution in [3.63, 3.8) is 0 Å². The summed E-state index contributed by atoms with van der Waals surface area (Å²) in [5.41, 5.74) is 0.547. The van der Waals surface area contributed by atoms with Gasteiger partial charge < -0.3 is 14.6 Å². The molecular weight excluding hydrogens is 244 g/mol. The van der Waals surface area contributed by atoms with Gasteiger partial charge in [0.15, 0.2) is 5.13 Å². The smallest absolute Gasteiger partial charge is 0.252 e. The Morgan fingerprint density at radius 1 is 1.65 bits per heavy atom. The van der Waals surface area contributed by atoms with Gasteiger partial charge in [-0.05, 0) is 6.92 Å². The lowest BCUT2D eigenvalue weighted by Crippen LogP contribution is -2.19. The first-order valence-electron chi connectivity index (χ1n) is 5.13. The lowest BCUT2D eigenvalue weighted by molar-refractivity contribution is -0.121. The van der Waals surface area contributed by atoms with E-state index >= 15 is 0 Å². The Kier molecular flexibility index (Phi) is 6.06. The van der Waals surface area contributed by atoms with Gasteiger partial charge >= 0.3 is 0 Å². The second kappa shape index (κ2) is 7.33. The van der Waals surface area contributed by atoms with Crippen LogP contribution in [0, 0.1) is 0 Å². The first-order valence-corrected chi connectivity index (χ1v) is 6.01. The molecule has 0 aliphatic carbocycles. The Hall–Kier alpha value is -1.02. The molecule has 1 heterocycles. The van der Waals surface area contributed by atoms with Crippen molar-refractivity contribution in [1.29, 1.82) is 0 Å². The third-order valence-electron chi connectivity index (χ3n) is 1.86. The summed E-state index contributed by atoms with van der Waals surface area (Å²) < 4.78 is 9.83. The summed E-state index contributed by atoms with van der Waals surface area (Å²) >= 11 is 1.27. The summed E-state index contributed by atoms with van der Waals surface area (Å²) in [6.45, 7) is 2.42. The van der Waals surface area contributed by atoms with Crippen LogP contribution in [0.5, 0.6) is 0 Å². The van der Waals surface area contributed by atoms with Gasteiger partial charge in [-0.15, -0.1) is 11.3 Å². The number of carbonyl (C=O) groups excluding carboxylic acids is 1. The molecule has 0 saturated carbocycles. The predicted octanol–water partition coefficient (Wildman–Crippen LogP) is 0.798. The molecule has 0 aliphatic heterocycles. The highest BCUT2D eigenvalue weighted by Gasteiger charge is 2.09. The van der Waals surface area contributed by atoms with Crippen molar-refractivity contribution in [2.24, 2.45) is 0 Å². The van der Waals surface area contributed by atoms with Crippen LogP contribution in [-0.2, 0) is 14.3 Å². The number of aliphatic hydroxyl groups is 1. The van der Waals surface area contributed by atoms with Crippen molar-refractivity contribution in [2.45, 2.75) is 13.0 Å². The minimum atomic E-state index is -0.630. The third kappa shape index (κ3) is 5.22. The number of aliphatic hydroxyl groups excluding tert-OH is 1. The first-order chi connectivity index (χ1) is 8.13. The molecule has 96 valence electrons. The highest BCUT2D eigenvalue weighted by Crippen LogP contribution is 2.19. The molecule has 7 heteroatoms. The lowest BCUT2D eigenvalue weighted by Gasteiger charge is -2.03. The van der Waals surface area contributed by atoms with Gasteiger partial charge in [0.05, 0.1) is 25.0 Å². The topological polar surface area (TPSA) is 80.7 Å². The van der Waals surface area contributed by atoms with Crippen molar-refractivity contribution in [1.82, 2.24) is 4.98 Å². The molecule has 1 unspecified atom stereocenters. The molecule has 2 N–H and O–H groups in total. The minimum absolute atomic E-state index is 0.0348. The van der Waals surface area contributed by atoms with Gasteiger partial charge in [-0.25, -0.2) is 4.98 Å². The molecular formula is C10H16N2O4S. The molecule has 0 aliphatic rings. The number of anilines is 1. The van der Waals surface area contributed by atoms with Gasteiger partial charge in [-0.2, -0.15) is 0 Å². The molecule has 0 saturated heterocycles. The number of hydrogen-bond acceptors (Lipinski definition) is 6. The number of aromatic nitrogens is 1. The first kappa shape index (κ1) is 14.0. The van der Waals surface area contributed by atoms with E-state index in [1.165, 1.54) is 11.3 Å². The maximum absolute atomic E-state index is 11.4. The molecule has 0 aromatic carbocycles. The van der Waals surface area contributed by atoms with Crippen molar-refractivity contribution in [3.05, 3.63) is 11.1 Å². The Morgan fingerprint density at radius 2 is 2.41 bits per heavy atom. The maximum atomic E-state index is 11.4. The number of methoxy groups -OCH3 is 1. The van der Waals surface area contributed by atoms with Crippen LogP contribution < -0.4 is 5.32 Å². The van der Waals surface area contributed by atoms with Crippen LogP contribution in [0.15, 0.2) is 5.38 Å². The van der Waals surface area contributed by atoms with E-state index in [-0.39, 0.29) is 12.5 Å². The number of carbonyl (C=O) groups is 1. The maximum Gasteiger partial charge on any atom is 0.252 e. The van der Waals surface area contributed by atoms with Gasteiger partial charge in [-0.3, -0.25) is 10.1 Å². The summed E-state index contributed by atoms with van der Waals surface area (Å²) in [5.74, 6) is -0.271. The lowest BCUT2D eigenvalue weighted by atomic mass is 10.3. The highest BCUT2D eigenvalue weighted by atomic mass is 32.1. The standard InChI is InChI=1S/C10H16N2O4S/c1-7(13)8-6-17-10(11-8)12-9(14)5-16-4-3-15-2/h6-7,13H,3-5H2,1-2H3,(H,11,12,14). The molecule has 1 aromatic heterocycles. The fourth-order valence-corrected chi connectivity index (χ4v) is 1.81. The van der Waals surface area contributed by atoms with E-state index in [9.17, 15) is 9.90 Å². The van der Waals surface area contributed by atoms with Gasteiger partial charge in [0.1, 0.15) is 6.61 Å². The fraction of sp³-hybridized carbons (Fsp3) is 0.600. The van der Waals surface area contributed by atoms with Crippen LogP contribution in [0.25, 0.3) is 0 Å². The van der Waals surface area contributed by atoms with Gasteiger partial charge in [0, 0.05) is 12.5 Å². The summed E-state index contributed by atoms with van der Waals surface area (Å²) in [5, 5.41) is 14.0. The Bertz CT molecular complexity index is 354. The van der Waals surface area contributed by atoms with E-state index in [1.807, 2.05) is 0 Å². The molecule has 17 heavy (non-hydrogen) atoms. The van der Waals surface area contributed by atoms with Crippen LogP contribution >= 0.6 is 11.3 Å². The molecule has 1 rings (SSSR count). The van der Waals surface area contributed by atoms with Crippen LogP contribution in [0.2, 0.25) is 0 Å². The van der Waals surface area contributed by atoms with Crippen LogP contribution in [0.1, 0.15) is 18.7 Å². The molecule has 1 aromatic rings. The van der Waals surface area contributed by atoms with E-state index < -0.39 is 6.10 Å². The second-order valence-corrected chi connectivity index (χ2v) is 4.21. The average molecular weight is 260 g/mol. The van der Waals surface area contributed by atoms with Crippen molar-refractivity contribution in [2.75, 3.05) is 32.2 Å². The Balaban J connectivity index is 2.29. The predicted molar refractivity (Wildman–Crippen MR) is 64.1 cm³/mol. The van der Waals surface area contributed by atoms with E-state index in [2.05, 4.69) is 10.3 Å². The summed E-state index contributed by atoms with van der Waals surface area (Å²) in [6, 6.07) is 0. The highest BCUT2D eigenvalue weighted by molar-refractivity contribution is 7.13. The van der Waals surface area contributed by atoms with Gasteiger partial charge in [-0.1, -0.05) is 0 Å². The number of amides is 1. The summed E-state index contributed by atoms with van der Waals surface area (Å²) in [6.07, 6.45) is -0.630. The number of rotatable bonds is 7. The van der Waals surface area contributed by atoms with E-state index in [0.29, 0.717) is 24.0 Å². The third-order valence-corrected chi connectivity index (χ3v) is 2.64. The Morgan fingerprint density at radius 3 is 3.00 bits per heavy atom. The van der Waals surface area contributed by atoms with Crippen molar-refractivity contribution in [3.8, 4) is 0 Å². The van der Waals surface area contributed by atoms with Gasteiger partial charge in [0.25, 0.3) is 5.91 Å². The van der Waals surface area contributed by atoms with Crippen LogP contribution in [0.3, 0.4) is 0 Å². The fourth-order valence-electron chi connectivity index (χ4n) is 0.998. The molecule has 1 atom stereocenters. The zero-order valence-electron chi connectivity index (χ0n) is 9.80. The van der Waals surface area contributed by atoms with Crippen molar-refractivity contribution >= 4 is 22.4 Å². The molecule has 0 fully saturated rings. The van der Waals surface area contributed by atoms with Gasteiger partial charge in [0.2, 0.25) is 0 Å². The quantitative estimate of drug-likeness (QED) is 0.709. The summed E-state index contributed by atoms with van der Waals surface area (Å²) in [7, 11) is 1.57. The number of thiazole rings is 1.